The molecular weight excluding hydrogens is 455 g/mol. The molecule has 1 aliphatic rings. The van der Waals surface area contributed by atoms with E-state index in [2.05, 4.69) is 26.2 Å². The van der Waals surface area contributed by atoms with Gasteiger partial charge in [-0.15, -0.1) is 0 Å². The average Bonchev–Trinajstić information content (AvgIpc) is 3.25. The van der Waals surface area contributed by atoms with Crippen molar-refractivity contribution in [3.63, 3.8) is 0 Å². The number of carbonyl (C=O) groups excluding carboxylic acids is 1. The summed E-state index contributed by atoms with van der Waals surface area (Å²) in [4.78, 5) is 17.3. The fourth-order valence-electron chi connectivity index (χ4n) is 3.30. The summed E-state index contributed by atoms with van der Waals surface area (Å²) in [5, 5.41) is 3.63. The zero-order valence-corrected chi connectivity index (χ0v) is 17.9. The largest absolute Gasteiger partial charge is 0.494 e. The van der Waals surface area contributed by atoms with Crippen molar-refractivity contribution in [3.05, 3.63) is 63.9 Å². The fourth-order valence-corrected chi connectivity index (χ4v) is 3.68. The van der Waals surface area contributed by atoms with Crippen molar-refractivity contribution >= 4 is 38.5 Å². The van der Waals surface area contributed by atoms with E-state index in [4.69, 9.17) is 13.9 Å². The van der Waals surface area contributed by atoms with E-state index in [1.54, 1.807) is 18.2 Å². The number of hydrogen-bond donors (Lipinski definition) is 1. The molecule has 2 aromatic carbocycles. The van der Waals surface area contributed by atoms with E-state index in [-0.39, 0.29) is 28.9 Å². The first-order valence-corrected chi connectivity index (χ1v) is 10.3. The molecule has 1 fully saturated rings. The Kier molecular flexibility index (Phi) is 6.15. The summed E-state index contributed by atoms with van der Waals surface area (Å²) >= 11 is 3.43. The van der Waals surface area contributed by atoms with Gasteiger partial charge in [0.1, 0.15) is 11.1 Å². The first-order chi connectivity index (χ1) is 14.5. The highest BCUT2D eigenvalue weighted by Gasteiger charge is 2.18. The lowest BCUT2D eigenvalue weighted by molar-refractivity contribution is 0.0854. The molecule has 0 aliphatic carbocycles. The quantitative estimate of drug-likeness (QED) is 0.591. The van der Waals surface area contributed by atoms with E-state index >= 15 is 0 Å². The Bertz CT molecular complexity index is 1160. The van der Waals surface area contributed by atoms with Gasteiger partial charge < -0.3 is 19.2 Å². The number of rotatable bonds is 5. The number of fused-ring (bicyclic) bond motifs is 1. The molecule has 30 heavy (non-hydrogen) atoms. The van der Waals surface area contributed by atoms with Crippen molar-refractivity contribution in [2.75, 3.05) is 20.3 Å². The van der Waals surface area contributed by atoms with Gasteiger partial charge in [0, 0.05) is 29.1 Å². The van der Waals surface area contributed by atoms with Crippen LogP contribution >= 0.6 is 15.9 Å². The number of nitrogens with zero attached hydrogens (tertiary/aromatic N) is 1. The molecule has 1 atom stereocenters. The van der Waals surface area contributed by atoms with Crippen LogP contribution < -0.4 is 15.6 Å². The Labute approximate surface area is 180 Å². The zero-order valence-electron chi connectivity index (χ0n) is 16.3. The average molecular weight is 475 g/mol. The summed E-state index contributed by atoms with van der Waals surface area (Å²) in [6.07, 6.45) is 1.91. The third-order valence-corrected chi connectivity index (χ3v) is 5.33. The van der Waals surface area contributed by atoms with Gasteiger partial charge in [0.05, 0.1) is 18.9 Å². The van der Waals surface area contributed by atoms with Crippen LogP contribution in [0.5, 0.6) is 5.75 Å². The summed E-state index contributed by atoms with van der Waals surface area (Å²) in [7, 11) is 1.39. The number of carbonyl (C=O) groups is 1. The second-order valence-corrected chi connectivity index (χ2v) is 7.84. The lowest BCUT2D eigenvalue weighted by atomic mass is 10.1. The molecule has 2 heterocycles. The Balaban J connectivity index is 1.75. The Morgan fingerprint density at radius 3 is 2.90 bits per heavy atom. The van der Waals surface area contributed by atoms with E-state index in [1.165, 1.54) is 19.2 Å². The maximum atomic E-state index is 14.1. The number of methoxy groups -OCH3 is 1. The summed E-state index contributed by atoms with van der Waals surface area (Å²) < 4.78 is 31.4. The van der Waals surface area contributed by atoms with Crippen molar-refractivity contribution in [3.8, 4) is 5.75 Å². The van der Waals surface area contributed by atoms with E-state index < -0.39 is 5.82 Å². The lowest BCUT2D eigenvalue weighted by Gasteiger charge is -2.11. The van der Waals surface area contributed by atoms with E-state index in [0.717, 1.165) is 22.7 Å². The molecule has 0 radical (unpaired) electrons. The Morgan fingerprint density at radius 2 is 2.17 bits per heavy atom. The second-order valence-electron chi connectivity index (χ2n) is 6.92. The van der Waals surface area contributed by atoms with Crippen LogP contribution in [0.15, 0.2) is 56.3 Å². The van der Waals surface area contributed by atoms with Gasteiger partial charge in [-0.25, -0.2) is 9.38 Å². The normalized spacial score (nSPS) is 16.8. The van der Waals surface area contributed by atoms with Crippen LogP contribution in [-0.4, -0.2) is 32.3 Å². The molecule has 1 aromatic heterocycles. The Morgan fingerprint density at radius 1 is 1.30 bits per heavy atom. The molecule has 0 saturated carbocycles. The molecule has 6 nitrogen and oxygen atoms in total. The smallest absolute Gasteiger partial charge is 0.256 e. The summed E-state index contributed by atoms with van der Waals surface area (Å²) in [5.41, 5.74) is 1.22. The standard InChI is InChI=1S/C22H20BrFN2O4/c1-28-20-7-5-15(11-18(20)24)26-22-17(21(27)25-12-16-3-2-8-29-16)10-13-9-14(23)4-6-19(13)30-22/h4-7,9-11,16H,2-3,8,12H2,1H3,(H,25,27). The molecule has 156 valence electrons. The van der Waals surface area contributed by atoms with Crippen LogP contribution in [0.2, 0.25) is 0 Å². The first-order valence-electron chi connectivity index (χ1n) is 9.55. The summed E-state index contributed by atoms with van der Waals surface area (Å²) in [6, 6.07) is 11.5. The number of hydrogen-bond acceptors (Lipinski definition) is 5. The van der Waals surface area contributed by atoms with Crippen molar-refractivity contribution in [1.82, 2.24) is 5.32 Å². The van der Waals surface area contributed by atoms with Gasteiger partial charge >= 0.3 is 0 Å². The van der Waals surface area contributed by atoms with Crippen LogP contribution in [-0.2, 0) is 4.74 Å². The topological polar surface area (TPSA) is 73.1 Å². The minimum absolute atomic E-state index is 0.0107. The van der Waals surface area contributed by atoms with Crippen molar-refractivity contribution in [2.45, 2.75) is 18.9 Å². The molecular formula is C22H20BrFN2O4. The number of nitrogens with one attached hydrogen (secondary N) is 1. The molecule has 1 N–H and O–H groups in total. The number of amides is 1. The van der Waals surface area contributed by atoms with Crippen LogP contribution in [0, 0.1) is 5.82 Å². The van der Waals surface area contributed by atoms with Gasteiger partial charge in [-0.05, 0) is 49.2 Å². The molecule has 3 aromatic rings. The van der Waals surface area contributed by atoms with Gasteiger partial charge in [0.25, 0.3) is 5.91 Å². The number of halogens is 2. The molecule has 1 aliphatic heterocycles. The van der Waals surface area contributed by atoms with Crippen molar-refractivity contribution in [2.24, 2.45) is 4.99 Å². The molecule has 0 spiro atoms. The van der Waals surface area contributed by atoms with Gasteiger partial charge in [0.2, 0.25) is 5.55 Å². The maximum Gasteiger partial charge on any atom is 0.256 e. The molecule has 0 bridgehead atoms. The third-order valence-electron chi connectivity index (χ3n) is 4.83. The van der Waals surface area contributed by atoms with E-state index in [1.807, 2.05) is 12.1 Å². The maximum absolute atomic E-state index is 14.1. The fraction of sp³-hybridized carbons (Fsp3) is 0.273. The molecule has 1 unspecified atom stereocenters. The highest BCUT2D eigenvalue weighted by atomic mass is 79.9. The zero-order chi connectivity index (χ0) is 21.1. The SMILES string of the molecule is COc1ccc(N=c2oc3ccc(Br)cc3cc2C(=O)NCC2CCCO2)cc1F. The van der Waals surface area contributed by atoms with Gasteiger partial charge in [-0.2, -0.15) is 0 Å². The molecule has 4 rings (SSSR count). The van der Waals surface area contributed by atoms with Gasteiger partial charge in [0.15, 0.2) is 11.6 Å². The van der Waals surface area contributed by atoms with E-state index in [0.29, 0.717) is 24.4 Å². The summed E-state index contributed by atoms with van der Waals surface area (Å²) in [6.45, 7) is 1.12. The predicted molar refractivity (Wildman–Crippen MR) is 113 cm³/mol. The van der Waals surface area contributed by atoms with Crippen LogP contribution in [0.1, 0.15) is 23.2 Å². The highest BCUT2D eigenvalue weighted by Crippen LogP contribution is 2.23. The number of ether oxygens (including phenoxy) is 2. The molecule has 1 amide bonds. The van der Waals surface area contributed by atoms with Crippen molar-refractivity contribution < 1.29 is 23.1 Å². The summed E-state index contributed by atoms with van der Waals surface area (Å²) in [5.74, 6) is -0.763. The Hall–Kier alpha value is -2.71. The monoisotopic (exact) mass is 474 g/mol. The van der Waals surface area contributed by atoms with Crippen LogP contribution in [0.4, 0.5) is 10.1 Å². The first kappa shape index (κ1) is 20.6. The lowest BCUT2D eigenvalue weighted by Crippen LogP contribution is -2.34. The van der Waals surface area contributed by atoms with E-state index in [9.17, 15) is 9.18 Å². The molecule has 8 heteroatoms. The van der Waals surface area contributed by atoms with Crippen LogP contribution in [0.3, 0.4) is 0 Å². The highest BCUT2D eigenvalue weighted by molar-refractivity contribution is 9.10. The van der Waals surface area contributed by atoms with Crippen LogP contribution in [0.25, 0.3) is 11.0 Å². The third kappa shape index (κ3) is 4.55. The minimum Gasteiger partial charge on any atom is -0.494 e. The minimum atomic E-state index is -0.548. The number of benzene rings is 2. The van der Waals surface area contributed by atoms with Crippen molar-refractivity contribution in [1.29, 1.82) is 0 Å². The predicted octanol–water partition coefficient (Wildman–Crippen LogP) is 4.48. The molecule has 1 saturated heterocycles. The second kappa shape index (κ2) is 8.97. The van der Waals surface area contributed by atoms with Gasteiger partial charge in [-0.3, -0.25) is 4.79 Å². The van der Waals surface area contributed by atoms with Gasteiger partial charge in [-0.1, -0.05) is 15.9 Å².